The second kappa shape index (κ2) is 12.3. The van der Waals surface area contributed by atoms with Crippen LogP contribution in [0.25, 0.3) is 0 Å². The van der Waals surface area contributed by atoms with E-state index in [0.717, 1.165) is 12.1 Å². The summed E-state index contributed by atoms with van der Waals surface area (Å²) in [5, 5.41) is 10.5. The first-order valence-electron chi connectivity index (χ1n) is 9.81. The Hall–Kier alpha value is -2.84. The van der Waals surface area contributed by atoms with E-state index in [-0.39, 0.29) is 34.3 Å². The predicted molar refractivity (Wildman–Crippen MR) is 123 cm³/mol. The molecule has 0 aromatic heterocycles. The Morgan fingerprint density at radius 3 is 1.68 bits per heavy atom. The molecule has 0 spiro atoms. The summed E-state index contributed by atoms with van der Waals surface area (Å²) in [5.74, 6) is -1.97. The van der Waals surface area contributed by atoms with Gasteiger partial charge in [-0.15, -0.1) is 0 Å². The fourth-order valence-corrected chi connectivity index (χ4v) is 3.26. The second-order valence-electron chi connectivity index (χ2n) is 8.13. The van der Waals surface area contributed by atoms with Gasteiger partial charge in [-0.1, -0.05) is 34.8 Å². The zero-order valence-corrected chi connectivity index (χ0v) is 21.6. The topological polar surface area (TPSA) is 98.5 Å². The van der Waals surface area contributed by atoms with Crippen LogP contribution in [0.15, 0.2) is 24.3 Å². The van der Waals surface area contributed by atoms with E-state index in [1.165, 1.54) is 0 Å². The molecule has 17 heteroatoms. The van der Waals surface area contributed by atoms with Crippen LogP contribution in [0, 0.1) is 15.9 Å². The van der Waals surface area contributed by atoms with E-state index >= 15 is 0 Å². The summed E-state index contributed by atoms with van der Waals surface area (Å²) in [4.78, 5) is 32.1. The Bertz CT molecular complexity index is 1170. The first kappa shape index (κ1) is 33.2. The molecule has 0 aliphatic rings. The molecule has 2 aromatic rings. The van der Waals surface area contributed by atoms with Crippen molar-refractivity contribution in [3.8, 4) is 0 Å². The highest BCUT2D eigenvalue weighted by molar-refractivity contribution is 6.35. The molecular formula is C21H16Cl3F7N2O5. The third-order valence-corrected chi connectivity index (χ3v) is 4.90. The van der Waals surface area contributed by atoms with E-state index < -0.39 is 62.4 Å². The van der Waals surface area contributed by atoms with Crippen molar-refractivity contribution < 1.29 is 50.0 Å². The van der Waals surface area contributed by atoms with Crippen molar-refractivity contribution >= 4 is 52.4 Å². The van der Waals surface area contributed by atoms with Crippen LogP contribution >= 0.6 is 34.8 Å². The van der Waals surface area contributed by atoms with E-state index in [1.807, 2.05) is 0 Å². The molecule has 210 valence electrons. The first-order valence-corrected chi connectivity index (χ1v) is 10.9. The van der Waals surface area contributed by atoms with Crippen LogP contribution in [0.2, 0.25) is 15.1 Å². The van der Waals surface area contributed by atoms with Gasteiger partial charge in [-0.05, 0) is 32.9 Å². The van der Waals surface area contributed by atoms with Crippen LogP contribution in [0.3, 0.4) is 0 Å². The molecule has 0 radical (unpaired) electrons. The average molecular weight is 616 g/mol. The number of ether oxygens (including phenoxy) is 1. The SMILES string of the molecule is CC(C)(C)OC(=O)CNC(=O)c1cc(Cl)c(F)c(Cl)c1.O=[N+]([O-])c1cc(C(F)(F)F)c(Cl)c(C(F)(F)F)c1. The van der Waals surface area contributed by atoms with E-state index in [0.29, 0.717) is 0 Å². The van der Waals surface area contributed by atoms with E-state index in [2.05, 4.69) is 5.32 Å². The number of nitrogens with one attached hydrogen (secondary N) is 1. The molecule has 1 amide bonds. The zero-order valence-electron chi connectivity index (χ0n) is 19.3. The summed E-state index contributed by atoms with van der Waals surface area (Å²) < 4.78 is 92.5. The number of hydrogen-bond acceptors (Lipinski definition) is 5. The van der Waals surface area contributed by atoms with Gasteiger partial charge in [0, 0.05) is 17.7 Å². The zero-order chi connectivity index (χ0) is 29.8. The summed E-state index contributed by atoms with van der Waals surface area (Å²) in [6, 6.07) is 2.18. The van der Waals surface area contributed by atoms with Crippen LogP contribution in [0.4, 0.5) is 36.4 Å². The third-order valence-electron chi connectivity index (χ3n) is 3.94. The molecule has 0 fully saturated rings. The number of hydrogen-bond donors (Lipinski definition) is 1. The predicted octanol–water partition coefficient (Wildman–Crippen LogP) is 7.49. The van der Waals surface area contributed by atoms with Gasteiger partial charge < -0.3 is 10.1 Å². The minimum absolute atomic E-state index is 0.0441. The molecule has 0 bridgehead atoms. The Morgan fingerprint density at radius 2 is 1.34 bits per heavy atom. The van der Waals surface area contributed by atoms with Crippen molar-refractivity contribution in [3.05, 3.63) is 72.0 Å². The number of carbonyl (C=O) groups is 2. The molecule has 2 rings (SSSR count). The first-order chi connectivity index (χ1) is 17.0. The van der Waals surface area contributed by atoms with Gasteiger partial charge in [0.05, 0.1) is 31.1 Å². The Balaban J connectivity index is 0.000000382. The van der Waals surface area contributed by atoms with E-state index in [1.54, 1.807) is 20.8 Å². The molecule has 0 unspecified atom stereocenters. The number of amides is 1. The molecular weight excluding hydrogens is 600 g/mol. The fourth-order valence-electron chi connectivity index (χ4n) is 2.45. The van der Waals surface area contributed by atoms with Gasteiger partial charge in [-0.2, -0.15) is 26.3 Å². The van der Waals surface area contributed by atoms with Gasteiger partial charge >= 0.3 is 18.3 Å². The van der Waals surface area contributed by atoms with Crippen molar-refractivity contribution in [2.24, 2.45) is 0 Å². The molecule has 0 aliphatic carbocycles. The highest BCUT2D eigenvalue weighted by atomic mass is 35.5. The Kier molecular flexibility index (Phi) is 10.8. The standard InChI is InChI=1S/C13H14Cl2FNO3.C8H2ClF6NO2/c1-13(2,3)20-10(18)6-17-12(19)7-4-8(14)11(16)9(15)5-7;9-6-4(7(10,11)12)1-3(16(17)18)2-5(6)8(13,14)15/h4-5H,6H2,1-3H3,(H,17,19);1-2H. The number of nitro groups is 1. The van der Waals surface area contributed by atoms with E-state index in [4.69, 9.17) is 39.5 Å². The van der Waals surface area contributed by atoms with Crippen molar-refractivity contribution in [3.63, 3.8) is 0 Å². The molecule has 0 saturated carbocycles. The molecule has 38 heavy (non-hydrogen) atoms. The van der Waals surface area contributed by atoms with E-state index in [9.17, 15) is 50.4 Å². The fraction of sp³-hybridized carbons (Fsp3) is 0.333. The Labute approximate surface area is 224 Å². The van der Waals surface area contributed by atoms with Gasteiger partial charge in [-0.3, -0.25) is 19.7 Å². The van der Waals surface area contributed by atoms with Gasteiger partial charge in [-0.25, -0.2) is 4.39 Å². The second-order valence-corrected chi connectivity index (χ2v) is 9.32. The normalized spacial score (nSPS) is 11.8. The monoisotopic (exact) mass is 614 g/mol. The van der Waals surface area contributed by atoms with Crippen LogP contribution in [0.5, 0.6) is 0 Å². The van der Waals surface area contributed by atoms with Gasteiger partial charge in [0.25, 0.3) is 11.6 Å². The number of halogens is 10. The number of benzene rings is 2. The summed E-state index contributed by atoms with van der Waals surface area (Å²) in [5.41, 5.74) is -5.70. The maximum atomic E-state index is 13.2. The summed E-state index contributed by atoms with van der Waals surface area (Å²) in [6.07, 6.45) is -10.4. The van der Waals surface area contributed by atoms with Crippen molar-refractivity contribution in [2.75, 3.05) is 6.54 Å². The van der Waals surface area contributed by atoms with Gasteiger partial charge in [0.15, 0.2) is 5.82 Å². The van der Waals surface area contributed by atoms with Crippen molar-refractivity contribution in [2.45, 2.75) is 38.7 Å². The van der Waals surface area contributed by atoms with Crippen molar-refractivity contribution in [1.82, 2.24) is 5.32 Å². The highest BCUT2D eigenvalue weighted by Gasteiger charge is 2.42. The molecule has 0 atom stereocenters. The number of carbonyl (C=O) groups excluding carboxylic acids is 2. The molecule has 7 nitrogen and oxygen atoms in total. The largest absolute Gasteiger partial charge is 0.459 e. The van der Waals surface area contributed by atoms with Gasteiger partial charge in [0.2, 0.25) is 0 Å². The smallest absolute Gasteiger partial charge is 0.418 e. The minimum Gasteiger partial charge on any atom is -0.459 e. The lowest BCUT2D eigenvalue weighted by Gasteiger charge is -2.19. The number of nitrogens with zero attached hydrogens (tertiary/aromatic N) is 1. The third kappa shape index (κ3) is 9.80. The lowest BCUT2D eigenvalue weighted by atomic mass is 10.1. The number of nitro benzene ring substituents is 1. The lowest BCUT2D eigenvalue weighted by molar-refractivity contribution is -0.385. The minimum atomic E-state index is -5.22. The average Bonchev–Trinajstić information content (AvgIpc) is 2.73. The number of esters is 1. The number of non-ortho nitro benzene ring substituents is 1. The molecule has 0 heterocycles. The number of alkyl halides is 6. The summed E-state index contributed by atoms with van der Waals surface area (Å²) in [7, 11) is 0. The molecule has 1 N–H and O–H groups in total. The maximum Gasteiger partial charge on any atom is 0.418 e. The van der Waals surface area contributed by atoms with Crippen LogP contribution in [-0.4, -0.2) is 28.9 Å². The van der Waals surface area contributed by atoms with Crippen LogP contribution in [-0.2, 0) is 21.9 Å². The number of rotatable bonds is 4. The van der Waals surface area contributed by atoms with Crippen LogP contribution < -0.4 is 5.32 Å². The highest BCUT2D eigenvalue weighted by Crippen LogP contribution is 2.44. The lowest BCUT2D eigenvalue weighted by Crippen LogP contribution is -2.34. The Morgan fingerprint density at radius 1 is 0.921 bits per heavy atom. The quantitative estimate of drug-likeness (QED) is 0.126. The van der Waals surface area contributed by atoms with Crippen molar-refractivity contribution in [1.29, 1.82) is 0 Å². The van der Waals surface area contributed by atoms with Crippen LogP contribution in [0.1, 0.15) is 42.3 Å². The molecule has 0 saturated heterocycles. The molecule has 2 aromatic carbocycles. The molecule has 0 aliphatic heterocycles. The summed E-state index contributed by atoms with van der Waals surface area (Å²) in [6.45, 7) is 4.84. The maximum absolute atomic E-state index is 13.2. The van der Waals surface area contributed by atoms with Gasteiger partial charge in [0.1, 0.15) is 12.1 Å². The summed E-state index contributed by atoms with van der Waals surface area (Å²) >= 11 is 16.2.